The van der Waals surface area contributed by atoms with Crippen molar-refractivity contribution in [1.29, 1.82) is 0 Å². The van der Waals surface area contributed by atoms with Crippen LogP contribution in [0.3, 0.4) is 0 Å². The van der Waals surface area contributed by atoms with E-state index in [-0.39, 0.29) is 15.8 Å². The molecule has 3 aromatic rings. The van der Waals surface area contributed by atoms with Gasteiger partial charge in [-0.1, -0.05) is 6.07 Å². The van der Waals surface area contributed by atoms with Gasteiger partial charge in [-0.05, 0) is 24.3 Å². The lowest BCUT2D eigenvalue weighted by molar-refractivity contribution is 0.0729. The van der Waals surface area contributed by atoms with E-state index in [4.69, 9.17) is 9.88 Å². The molecular weight excluding hydrogens is 326 g/mol. The highest BCUT2D eigenvalue weighted by Gasteiger charge is 2.16. The maximum Gasteiger partial charge on any atom is 0.362 e. The summed E-state index contributed by atoms with van der Waals surface area (Å²) in [6.07, 6.45) is 1.49. The predicted octanol–water partition coefficient (Wildman–Crippen LogP) is 1.56. The number of hydrogen-bond acceptors (Lipinski definition) is 7. The minimum atomic E-state index is -3.85. The second-order valence-corrected chi connectivity index (χ2v) is 7.02. The Bertz CT molecular complexity index is 952. The molecule has 112 valence electrons. The molecule has 0 aliphatic carbocycles. The number of carbonyl (C=O) groups is 1. The van der Waals surface area contributed by atoms with E-state index in [1.54, 1.807) is 18.2 Å². The lowest BCUT2D eigenvalue weighted by atomic mass is 10.3. The number of nitrogens with zero attached hydrogens (tertiary/aromatic N) is 2. The first-order valence-electron chi connectivity index (χ1n) is 6.00. The molecule has 0 aliphatic rings. The number of aromatic nitrogens is 2. The Morgan fingerprint density at radius 3 is 2.73 bits per heavy atom. The Hall–Kier alpha value is -2.36. The highest BCUT2D eigenvalue weighted by atomic mass is 32.2. The fourth-order valence-electron chi connectivity index (χ4n) is 1.71. The van der Waals surface area contributed by atoms with Crippen molar-refractivity contribution in [2.75, 3.05) is 0 Å². The van der Waals surface area contributed by atoms with Crippen LogP contribution in [0.1, 0.15) is 10.5 Å². The molecule has 0 unspecified atom stereocenters. The Morgan fingerprint density at radius 2 is 2.05 bits per heavy atom. The van der Waals surface area contributed by atoms with Gasteiger partial charge in [0, 0.05) is 12.3 Å². The SMILES string of the molecule is NS(=O)(=O)c1nc2ccc(OC(=O)c3ccccn3)cc2s1. The Kier molecular flexibility index (Phi) is 3.61. The van der Waals surface area contributed by atoms with E-state index in [2.05, 4.69) is 9.97 Å². The van der Waals surface area contributed by atoms with Gasteiger partial charge in [-0.25, -0.2) is 28.3 Å². The summed E-state index contributed by atoms with van der Waals surface area (Å²) in [5.74, 6) is -0.330. The average Bonchev–Trinajstić information content (AvgIpc) is 2.91. The first-order valence-corrected chi connectivity index (χ1v) is 8.36. The second-order valence-electron chi connectivity index (χ2n) is 4.26. The van der Waals surface area contributed by atoms with Crippen molar-refractivity contribution in [3.63, 3.8) is 0 Å². The molecular formula is C13H9N3O4S2. The van der Waals surface area contributed by atoms with Crippen LogP contribution < -0.4 is 9.88 Å². The summed E-state index contributed by atoms with van der Waals surface area (Å²) in [6.45, 7) is 0. The third-order valence-corrected chi connectivity index (χ3v) is 5.01. The first-order chi connectivity index (χ1) is 10.4. The zero-order valence-electron chi connectivity index (χ0n) is 11.0. The smallest absolute Gasteiger partial charge is 0.362 e. The van der Waals surface area contributed by atoms with Crippen molar-refractivity contribution >= 4 is 37.5 Å². The average molecular weight is 335 g/mol. The van der Waals surface area contributed by atoms with Crippen LogP contribution in [0.4, 0.5) is 0 Å². The molecule has 3 rings (SSSR count). The number of primary sulfonamides is 1. The van der Waals surface area contributed by atoms with Crippen LogP contribution in [-0.2, 0) is 10.0 Å². The number of hydrogen-bond donors (Lipinski definition) is 1. The summed E-state index contributed by atoms with van der Waals surface area (Å²) in [4.78, 5) is 19.7. The quantitative estimate of drug-likeness (QED) is 0.574. The number of sulfonamides is 1. The second kappa shape index (κ2) is 5.44. The molecule has 0 aliphatic heterocycles. The van der Waals surface area contributed by atoms with Gasteiger partial charge in [-0.2, -0.15) is 0 Å². The van der Waals surface area contributed by atoms with E-state index < -0.39 is 16.0 Å². The largest absolute Gasteiger partial charge is 0.422 e. The van der Waals surface area contributed by atoms with E-state index in [1.165, 1.54) is 24.4 Å². The maximum absolute atomic E-state index is 11.9. The summed E-state index contributed by atoms with van der Waals surface area (Å²) in [6, 6.07) is 9.51. The lowest BCUT2D eigenvalue weighted by Crippen LogP contribution is -2.11. The van der Waals surface area contributed by atoms with Crippen LogP contribution in [0.15, 0.2) is 46.9 Å². The van der Waals surface area contributed by atoms with E-state index in [0.717, 1.165) is 11.3 Å². The molecule has 7 nitrogen and oxygen atoms in total. The third-order valence-electron chi connectivity index (χ3n) is 2.67. The molecule has 0 fully saturated rings. The van der Waals surface area contributed by atoms with Gasteiger partial charge >= 0.3 is 5.97 Å². The van der Waals surface area contributed by atoms with Crippen LogP contribution in [0.5, 0.6) is 5.75 Å². The van der Waals surface area contributed by atoms with Crippen molar-refractivity contribution in [3.8, 4) is 5.75 Å². The molecule has 0 saturated carbocycles. The van der Waals surface area contributed by atoms with Crippen molar-refractivity contribution in [2.45, 2.75) is 4.34 Å². The Balaban J connectivity index is 1.91. The number of nitrogens with two attached hydrogens (primary N) is 1. The number of rotatable bonds is 3. The number of fused-ring (bicyclic) bond motifs is 1. The number of ether oxygens (including phenoxy) is 1. The van der Waals surface area contributed by atoms with Gasteiger partial charge in [-0.3, -0.25) is 0 Å². The molecule has 1 aromatic carbocycles. The monoisotopic (exact) mass is 335 g/mol. The van der Waals surface area contributed by atoms with Gasteiger partial charge in [-0.15, -0.1) is 11.3 Å². The van der Waals surface area contributed by atoms with E-state index in [1.807, 2.05) is 0 Å². The molecule has 0 saturated heterocycles. The summed E-state index contributed by atoms with van der Waals surface area (Å²) in [7, 11) is -3.85. The molecule has 0 amide bonds. The van der Waals surface area contributed by atoms with Crippen molar-refractivity contribution in [2.24, 2.45) is 5.14 Å². The zero-order chi connectivity index (χ0) is 15.7. The fourth-order valence-corrected chi connectivity index (χ4v) is 3.40. The number of esters is 1. The molecule has 2 N–H and O–H groups in total. The van der Waals surface area contributed by atoms with Crippen LogP contribution in [-0.4, -0.2) is 24.4 Å². The van der Waals surface area contributed by atoms with E-state index in [0.29, 0.717) is 10.2 Å². The molecule has 0 bridgehead atoms. The summed E-state index contributed by atoms with van der Waals surface area (Å²) in [5.41, 5.74) is 0.642. The zero-order valence-corrected chi connectivity index (χ0v) is 12.6. The summed E-state index contributed by atoms with van der Waals surface area (Å²) in [5, 5.41) is 5.04. The van der Waals surface area contributed by atoms with Gasteiger partial charge in [0.2, 0.25) is 4.34 Å². The Morgan fingerprint density at radius 1 is 1.23 bits per heavy atom. The normalized spacial score (nSPS) is 11.5. The summed E-state index contributed by atoms with van der Waals surface area (Å²) < 4.78 is 28.1. The fraction of sp³-hybridized carbons (Fsp3) is 0. The number of pyridine rings is 1. The van der Waals surface area contributed by atoms with Gasteiger partial charge < -0.3 is 4.74 Å². The van der Waals surface area contributed by atoms with Crippen molar-refractivity contribution in [1.82, 2.24) is 9.97 Å². The van der Waals surface area contributed by atoms with Gasteiger partial charge in [0.1, 0.15) is 11.4 Å². The maximum atomic E-state index is 11.9. The predicted molar refractivity (Wildman–Crippen MR) is 80.2 cm³/mol. The third kappa shape index (κ3) is 2.96. The molecule has 0 spiro atoms. The highest BCUT2D eigenvalue weighted by Crippen LogP contribution is 2.28. The van der Waals surface area contributed by atoms with Crippen LogP contribution >= 0.6 is 11.3 Å². The summed E-state index contributed by atoms with van der Waals surface area (Å²) >= 11 is 0.910. The minimum absolute atomic E-state index is 0.178. The van der Waals surface area contributed by atoms with E-state index in [9.17, 15) is 13.2 Å². The Labute approximate surface area is 129 Å². The molecule has 9 heteroatoms. The highest BCUT2D eigenvalue weighted by molar-refractivity contribution is 7.91. The van der Waals surface area contributed by atoms with E-state index >= 15 is 0 Å². The number of thiazole rings is 1. The molecule has 0 radical (unpaired) electrons. The van der Waals surface area contributed by atoms with Crippen LogP contribution in [0, 0.1) is 0 Å². The molecule has 22 heavy (non-hydrogen) atoms. The number of benzene rings is 1. The number of carbonyl (C=O) groups excluding carboxylic acids is 1. The lowest BCUT2D eigenvalue weighted by Gasteiger charge is -2.03. The van der Waals surface area contributed by atoms with Gasteiger partial charge in [0.15, 0.2) is 0 Å². The standard InChI is InChI=1S/C13H9N3O4S2/c14-22(18,19)13-16-9-5-4-8(7-11(9)21-13)20-12(17)10-3-1-2-6-15-10/h1-7H,(H2,14,18,19). The van der Waals surface area contributed by atoms with Gasteiger partial charge in [0.05, 0.1) is 10.2 Å². The van der Waals surface area contributed by atoms with Crippen molar-refractivity contribution < 1.29 is 17.9 Å². The molecule has 0 atom stereocenters. The van der Waals surface area contributed by atoms with Gasteiger partial charge in [0.25, 0.3) is 10.0 Å². The van der Waals surface area contributed by atoms with Crippen LogP contribution in [0.25, 0.3) is 10.2 Å². The topological polar surface area (TPSA) is 112 Å². The minimum Gasteiger partial charge on any atom is -0.422 e. The van der Waals surface area contributed by atoms with Crippen LogP contribution in [0.2, 0.25) is 0 Å². The molecule has 2 heterocycles. The first kappa shape index (κ1) is 14.6. The molecule has 2 aromatic heterocycles. The van der Waals surface area contributed by atoms with Crippen molar-refractivity contribution in [3.05, 3.63) is 48.3 Å².